The topological polar surface area (TPSA) is 77.4 Å². The summed E-state index contributed by atoms with van der Waals surface area (Å²) in [7, 11) is 3.26. The molecule has 6 aromatic carbocycles. The highest BCUT2D eigenvalue weighted by Gasteiger charge is 2.43. The van der Waals surface area contributed by atoms with Gasteiger partial charge in [-0.25, -0.2) is 0 Å². The van der Waals surface area contributed by atoms with Crippen LogP contribution < -0.4 is 18.9 Å². The zero-order valence-corrected chi connectivity index (χ0v) is 25.4. The van der Waals surface area contributed by atoms with E-state index in [1.165, 1.54) is 0 Å². The minimum absolute atomic E-state index is 0.671. The molecule has 0 saturated heterocycles. The average Bonchev–Trinajstić information content (AvgIpc) is 3.12. The minimum atomic E-state index is -1.25. The first-order valence-corrected chi connectivity index (χ1v) is 14.9. The molecular weight excluding hydrogens is 576 g/mol. The van der Waals surface area contributed by atoms with Crippen LogP contribution in [-0.2, 0) is 11.2 Å². The Kier molecular flexibility index (Phi) is 7.45. The van der Waals surface area contributed by atoms with Crippen molar-refractivity contribution in [3.05, 3.63) is 179 Å². The Hall–Kier alpha value is -5.56. The van der Waals surface area contributed by atoms with Gasteiger partial charge in [-0.2, -0.15) is 0 Å². The third kappa shape index (κ3) is 4.76. The van der Waals surface area contributed by atoms with Gasteiger partial charge in [0.1, 0.15) is 45.7 Å². The lowest BCUT2D eigenvalue weighted by Crippen LogP contribution is -2.32. The summed E-state index contributed by atoms with van der Waals surface area (Å²) in [5, 5.41) is 23.4. The molecule has 2 N–H and O–H groups in total. The van der Waals surface area contributed by atoms with Crippen molar-refractivity contribution in [1.82, 2.24) is 0 Å². The molecule has 6 aromatic rings. The number of para-hydroxylation sites is 4. The fourth-order valence-electron chi connectivity index (χ4n) is 6.23. The van der Waals surface area contributed by atoms with E-state index in [0.29, 0.717) is 23.0 Å². The van der Waals surface area contributed by atoms with E-state index in [-0.39, 0.29) is 0 Å². The highest BCUT2D eigenvalue weighted by molar-refractivity contribution is 5.62. The van der Waals surface area contributed by atoms with E-state index in [1.54, 1.807) is 14.2 Å². The molecule has 2 heterocycles. The van der Waals surface area contributed by atoms with Gasteiger partial charge in [0.25, 0.3) is 0 Å². The summed E-state index contributed by atoms with van der Waals surface area (Å²) in [5.74, 6) is 4.19. The van der Waals surface area contributed by atoms with Gasteiger partial charge in [0.05, 0.1) is 14.2 Å². The zero-order chi connectivity index (χ0) is 31.7. The summed E-state index contributed by atoms with van der Waals surface area (Å²) in [6, 6.07) is 45.3. The van der Waals surface area contributed by atoms with Crippen LogP contribution >= 0.6 is 0 Å². The van der Waals surface area contributed by atoms with Crippen LogP contribution in [0.15, 0.2) is 146 Å². The third-order valence-electron chi connectivity index (χ3n) is 8.56. The molecule has 0 spiro atoms. The van der Waals surface area contributed by atoms with Crippen LogP contribution in [-0.4, -0.2) is 24.4 Å². The maximum Gasteiger partial charge on any atom is 0.147 e. The first-order chi connectivity index (χ1) is 22.5. The number of fused-ring (bicyclic) bond motifs is 4. The van der Waals surface area contributed by atoms with E-state index >= 15 is 0 Å². The summed E-state index contributed by atoms with van der Waals surface area (Å²) < 4.78 is 22.4. The Morgan fingerprint density at radius 2 is 0.652 bits per heavy atom. The molecule has 228 valence electrons. The summed E-state index contributed by atoms with van der Waals surface area (Å²) in [4.78, 5) is 0. The predicted molar refractivity (Wildman–Crippen MR) is 176 cm³/mol. The molecular formula is C40H32O6. The van der Waals surface area contributed by atoms with Gasteiger partial charge < -0.3 is 29.2 Å². The predicted octanol–water partition coefficient (Wildman–Crippen LogP) is 8.17. The molecule has 46 heavy (non-hydrogen) atoms. The lowest BCUT2D eigenvalue weighted by atomic mass is 9.78. The van der Waals surface area contributed by atoms with E-state index in [0.717, 1.165) is 44.9 Å². The average molecular weight is 609 g/mol. The number of hydrogen-bond donors (Lipinski definition) is 2. The van der Waals surface area contributed by atoms with Crippen LogP contribution in [0.5, 0.6) is 34.5 Å². The second-order valence-electron chi connectivity index (χ2n) is 11.1. The van der Waals surface area contributed by atoms with E-state index < -0.39 is 11.2 Å². The van der Waals surface area contributed by atoms with Gasteiger partial charge in [-0.1, -0.05) is 97.1 Å². The summed E-state index contributed by atoms with van der Waals surface area (Å²) in [6.07, 6.45) is 0. The number of aliphatic hydroxyl groups is 2. The first kappa shape index (κ1) is 29.2. The van der Waals surface area contributed by atoms with Crippen molar-refractivity contribution in [2.75, 3.05) is 14.2 Å². The molecule has 2 aliphatic heterocycles. The Balaban J connectivity index is 0.000000147. The third-order valence-corrected chi connectivity index (χ3v) is 8.56. The van der Waals surface area contributed by atoms with Crippen LogP contribution in [0.1, 0.15) is 33.4 Å². The highest BCUT2D eigenvalue weighted by Crippen LogP contribution is 2.51. The second kappa shape index (κ2) is 11.7. The minimum Gasteiger partial charge on any atom is -0.497 e. The zero-order valence-electron chi connectivity index (χ0n) is 25.4. The molecule has 6 heteroatoms. The van der Waals surface area contributed by atoms with E-state index in [2.05, 4.69) is 0 Å². The van der Waals surface area contributed by atoms with Crippen molar-refractivity contribution in [3.63, 3.8) is 0 Å². The number of methoxy groups -OCH3 is 2. The van der Waals surface area contributed by atoms with Crippen molar-refractivity contribution in [2.45, 2.75) is 11.2 Å². The summed E-state index contributed by atoms with van der Waals surface area (Å²) >= 11 is 0. The maximum atomic E-state index is 11.7. The first-order valence-electron chi connectivity index (χ1n) is 14.9. The molecule has 8 rings (SSSR count). The molecule has 0 amide bonds. The van der Waals surface area contributed by atoms with Gasteiger partial charge in [-0.15, -0.1) is 0 Å². The van der Waals surface area contributed by atoms with E-state index in [4.69, 9.17) is 18.9 Å². The van der Waals surface area contributed by atoms with Gasteiger partial charge in [-0.05, 0) is 59.7 Å². The Morgan fingerprint density at radius 3 is 0.913 bits per heavy atom. The molecule has 6 nitrogen and oxygen atoms in total. The lowest BCUT2D eigenvalue weighted by Gasteiger charge is -2.36. The lowest BCUT2D eigenvalue weighted by molar-refractivity contribution is 0.112. The number of benzene rings is 6. The molecule has 0 atom stereocenters. The van der Waals surface area contributed by atoms with Crippen LogP contribution in [0, 0.1) is 0 Å². The second-order valence-corrected chi connectivity index (χ2v) is 11.1. The Bertz CT molecular complexity index is 1760. The molecule has 0 aliphatic carbocycles. The number of ether oxygens (including phenoxy) is 4. The van der Waals surface area contributed by atoms with Crippen molar-refractivity contribution < 1.29 is 29.2 Å². The van der Waals surface area contributed by atoms with Crippen molar-refractivity contribution in [3.8, 4) is 34.5 Å². The standard InChI is InChI=1S/2C20H16O3/c2*1-22-15-12-10-14(11-13-15)20(21)16-6-2-4-8-18(16)23-19-9-5-3-7-17(19)20/h2*2-13,21H,1H3. The molecule has 0 fully saturated rings. The molecule has 0 bridgehead atoms. The SMILES string of the molecule is COc1ccc(C2(O)c3ccccc3Oc3ccccc32)cc1.COc1ccc(C2(O)c3ccccc3Oc3ccccc32)cc1. The molecule has 0 saturated carbocycles. The van der Waals surface area contributed by atoms with Gasteiger partial charge in [0.2, 0.25) is 0 Å². The van der Waals surface area contributed by atoms with Gasteiger partial charge >= 0.3 is 0 Å². The quantitative estimate of drug-likeness (QED) is 0.210. The fourth-order valence-corrected chi connectivity index (χ4v) is 6.23. The van der Waals surface area contributed by atoms with Crippen LogP contribution in [0.2, 0.25) is 0 Å². The number of rotatable bonds is 4. The Morgan fingerprint density at radius 1 is 0.391 bits per heavy atom. The van der Waals surface area contributed by atoms with Crippen LogP contribution in [0.4, 0.5) is 0 Å². The van der Waals surface area contributed by atoms with Crippen LogP contribution in [0.25, 0.3) is 0 Å². The van der Waals surface area contributed by atoms with Gasteiger partial charge in [0.15, 0.2) is 0 Å². The van der Waals surface area contributed by atoms with Crippen LogP contribution in [0.3, 0.4) is 0 Å². The molecule has 0 aromatic heterocycles. The monoisotopic (exact) mass is 608 g/mol. The Labute approximate surface area is 267 Å². The van der Waals surface area contributed by atoms with Gasteiger partial charge in [0, 0.05) is 22.3 Å². The van der Waals surface area contributed by atoms with Crippen molar-refractivity contribution in [1.29, 1.82) is 0 Å². The smallest absolute Gasteiger partial charge is 0.147 e. The molecule has 0 radical (unpaired) electrons. The highest BCUT2D eigenvalue weighted by atomic mass is 16.5. The fraction of sp³-hybridized carbons (Fsp3) is 0.100. The largest absolute Gasteiger partial charge is 0.497 e. The maximum absolute atomic E-state index is 11.7. The molecule has 0 unspecified atom stereocenters. The summed E-state index contributed by atoms with van der Waals surface area (Å²) in [5.41, 5.74) is 2.01. The van der Waals surface area contributed by atoms with Gasteiger partial charge in [-0.3, -0.25) is 0 Å². The van der Waals surface area contributed by atoms with E-state index in [9.17, 15) is 10.2 Å². The van der Waals surface area contributed by atoms with E-state index in [1.807, 2.05) is 146 Å². The van der Waals surface area contributed by atoms with Crippen molar-refractivity contribution in [2.24, 2.45) is 0 Å². The number of hydrogen-bond acceptors (Lipinski definition) is 6. The molecule has 2 aliphatic rings. The normalized spacial score (nSPS) is 14.3. The van der Waals surface area contributed by atoms with Crippen molar-refractivity contribution >= 4 is 0 Å². The summed E-state index contributed by atoms with van der Waals surface area (Å²) in [6.45, 7) is 0.